The smallest absolute Gasteiger partial charge is 0.220 e. The molecule has 1 unspecified atom stereocenters. The number of hydrogen-bond acceptors (Lipinski definition) is 2. The Bertz CT molecular complexity index is 315. The fraction of sp³-hybridized carbons (Fsp3) is 0.583. The minimum absolute atomic E-state index is 0.154. The third-order valence-electron chi connectivity index (χ3n) is 3.03. The summed E-state index contributed by atoms with van der Waals surface area (Å²) in [5.41, 5.74) is 1.12. The van der Waals surface area contributed by atoms with Gasteiger partial charge in [0.15, 0.2) is 0 Å². The number of aromatic nitrogens is 1. The molecule has 2 heterocycles. The summed E-state index contributed by atoms with van der Waals surface area (Å²) >= 11 is 0. The van der Waals surface area contributed by atoms with Gasteiger partial charge in [0.05, 0.1) is 0 Å². The number of H-pyrrole nitrogens is 1. The second-order valence-corrected chi connectivity index (χ2v) is 4.36. The zero-order valence-corrected chi connectivity index (χ0v) is 9.46. The van der Waals surface area contributed by atoms with E-state index in [1.807, 2.05) is 18.3 Å². The highest BCUT2D eigenvalue weighted by Crippen LogP contribution is 2.05. The van der Waals surface area contributed by atoms with Crippen LogP contribution >= 0.6 is 0 Å². The van der Waals surface area contributed by atoms with E-state index in [4.69, 9.17) is 0 Å². The molecule has 4 heteroatoms. The Morgan fingerprint density at radius 3 is 3.19 bits per heavy atom. The van der Waals surface area contributed by atoms with Crippen molar-refractivity contribution >= 4 is 5.91 Å². The van der Waals surface area contributed by atoms with Crippen LogP contribution in [0.2, 0.25) is 0 Å². The standard InChI is InChI=1S/C12H19N3O/c16-12(4-3-11-2-1-6-14-11)15-9-10-5-7-13-8-10/h1-2,6,10,13-14H,3-5,7-9H2,(H,15,16). The van der Waals surface area contributed by atoms with Gasteiger partial charge in [-0.05, 0) is 44.0 Å². The van der Waals surface area contributed by atoms with Crippen LogP contribution in [0, 0.1) is 5.92 Å². The van der Waals surface area contributed by atoms with Gasteiger partial charge in [0.25, 0.3) is 0 Å². The van der Waals surface area contributed by atoms with Crippen LogP contribution in [0.3, 0.4) is 0 Å². The summed E-state index contributed by atoms with van der Waals surface area (Å²) in [5.74, 6) is 0.774. The van der Waals surface area contributed by atoms with Gasteiger partial charge in [-0.3, -0.25) is 4.79 Å². The van der Waals surface area contributed by atoms with Gasteiger partial charge in [-0.15, -0.1) is 0 Å². The van der Waals surface area contributed by atoms with Crippen molar-refractivity contribution < 1.29 is 4.79 Å². The van der Waals surface area contributed by atoms with Crippen molar-refractivity contribution in [3.05, 3.63) is 24.0 Å². The molecule has 1 atom stereocenters. The Balaban J connectivity index is 1.60. The van der Waals surface area contributed by atoms with E-state index in [9.17, 15) is 4.79 Å². The number of nitrogens with one attached hydrogen (secondary N) is 3. The minimum atomic E-state index is 0.154. The highest BCUT2D eigenvalue weighted by Gasteiger charge is 2.14. The second kappa shape index (κ2) is 5.70. The average molecular weight is 221 g/mol. The van der Waals surface area contributed by atoms with Crippen LogP contribution in [0.25, 0.3) is 0 Å². The number of hydrogen-bond donors (Lipinski definition) is 3. The lowest BCUT2D eigenvalue weighted by Gasteiger charge is -2.09. The maximum atomic E-state index is 11.5. The van der Waals surface area contributed by atoms with Gasteiger partial charge in [0.1, 0.15) is 0 Å². The summed E-state index contributed by atoms with van der Waals surface area (Å²) in [7, 11) is 0. The van der Waals surface area contributed by atoms with Gasteiger partial charge in [-0.1, -0.05) is 0 Å². The first-order valence-electron chi connectivity index (χ1n) is 5.94. The van der Waals surface area contributed by atoms with E-state index in [-0.39, 0.29) is 5.91 Å². The molecule has 0 aromatic carbocycles. The normalized spacial score (nSPS) is 19.9. The van der Waals surface area contributed by atoms with Crippen molar-refractivity contribution in [1.29, 1.82) is 0 Å². The summed E-state index contributed by atoms with van der Waals surface area (Å²) in [6, 6.07) is 3.96. The molecule has 88 valence electrons. The van der Waals surface area contributed by atoms with E-state index in [1.54, 1.807) is 0 Å². The topological polar surface area (TPSA) is 56.9 Å². The van der Waals surface area contributed by atoms with Crippen LogP contribution in [0.5, 0.6) is 0 Å². The molecule has 1 aliphatic heterocycles. The quantitative estimate of drug-likeness (QED) is 0.684. The monoisotopic (exact) mass is 221 g/mol. The number of aryl methyl sites for hydroxylation is 1. The van der Waals surface area contributed by atoms with Crippen LogP contribution < -0.4 is 10.6 Å². The van der Waals surface area contributed by atoms with E-state index >= 15 is 0 Å². The molecule has 2 rings (SSSR count). The molecule has 1 aromatic heterocycles. The van der Waals surface area contributed by atoms with Gasteiger partial charge in [-0.25, -0.2) is 0 Å². The summed E-state index contributed by atoms with van der Waals surface area (Å²) in [5, 5.41) is 6.29. The molecule has 0 spiro atoms. The van der Waals surface area contributed by atoms with E-state index in [0.717, 1.165) is 31.7 Å². The molecule has 0 aliphatic carbocycles. The molecular weight excluding hydrogens is 202 g/mol. The first-order valence-corrected chi connectivity index (χ1v) is 5.94. The van der Waals surface area contributed by atoms with Crippen LogP contribution in [0.4, 0.5) is 0 Å². The maximum Gasteiger partial charge on any atom is 0.220 e. The lowest BCUT2D eigenvalue weighted by Crippen LogP contribution is -2.30. The Labute approximate surface area is 95.8 Å². The number of rotatable bonds is 5. The molecule has 4 nitrogen and oxygen atoms in total. The largest absolute Gasteiger partial charge is 0.365 e. The summed E-state index contributed by atoms with van der Waals surface area (Å²) in [6.45, 7) is 2.94. The SMILES string of the molecule is O=C(CCc1ccc[nH]1)NCC1CCNC1. The molecule has 0 saturated carbocycles. The molecule has 1 saturated heterocycles. The Kier molecular flexibility index (Phi) is 3.99. The highest BCUT2D eigenvalue weighted by molar-refractivity contribution is 5.76. The van der Waals surface area contributed by atoms with E-state index in [2.05, 4.69) is 15.6 Å². The van der Waals surface area contributed by atoms with E-state index in [0.29, 0.717) is 12.3 Å². The van der Waals surface area contributed by atoms with Gasteiger partial charge >= 0.3 is 0 Å². The second-order valence-electron chi connectivity index (χ2n) is 4.36. The van der Waals surface area contributed by atoms with Gasteiger partial charge in [0, 0.05) is 24.9 Å². The number of amides is 1. The predicted octanol–water partition coefficient (Wildman–Crippen LogP) is 0.673. The molecule has 1 amide bonds. The molecule has 1 fully saturated rings. The Morgan fingerprint density at radius 1 is 1.56 bits per heavy atom. The minimum Gasteiger partial charge on any atom is -0.365 e. The van der Waals surface area contributed by atoms with E-state index < -0.39 is 0 Å². The molecule has 0 bridgehead atoms. The molecule has 3 N–H and O–H groups in total. The third kappa shape index (κ3) is 3.38. The number of carbonyl (C=O) groups is 1. The first kappa shape index (κ1) is 11.2. The average Bonchev–Trinajstić information content (AvgIpc) is 2.96. The Morgan fingerprint density at radius 2 is 2.50 bits per heavy atom. The Hall–Kier alpha value is -1.29. The fourth-order valence-corrected chi connectivity index (χ4v) is 2.01. The lowest BCUT2D eigenvalue weighted by molar-refractivity contribution is -0.121. The van der Waals surface area contributed by atoms with E-state index in [1.165, 1.54) is 6.42 Å². The predicted molar refractivity (Wildman–Crippen MR) is 63.1 cm³/mol. The van der Waals surface area contributed by atoms with Crippen molar-refractivity contribution in [2.24, 2.45) is 5.92 Å². The summed E-state index contributed by atoms with van der Waals surface area (Å²) in [4.78, 5) is 14.6. The van der Waals surface area contributed by atoms with Gasteiger partial charge < -0.3 is 15.6 Å². The third-order valence-corrected chi connectivity index (χ3v) is 3.03. The molecule has 0 radical (unpaired) electrons. The zero-order valence-electron chi connectivity index (χ0n) is 9.46. The summed E-state index contributed by atoms with van der Waals surface area (Å²) in [6.07, 6.45) is 4.43. The number of aromatic amines is 1. The van der Waals surface area contributed by atoms with Crippen molar-refractivity contribution in [2.75, 3.05) is 19.6 Å². The zero-order chi connectivity index (χ0) is 11.2. The molecule has 16 heavy (non-hydrogen) atoms. The highest BCUT2D eigenvalue weighted by atomic mass is 16.1. The molecular formula is C12H19N3O. The van der Waals surface area contributed by atoms with Crippen molar-refractivity contribution in [3.8, 4) is 0 Å². The van der Waals surface area contributed by atoms with Crippen LogP contribution in [0.1, 0.15) is 18.5 Å². The van der Waals surface area contributed by atoms with Crippen LogP contribution in [0.15, 0.2) is 18.3 Å². The lowest BCUT2D eigenvalue weighted by atomic mass is 10.1. The van der Waals surface area contributed by atoms with Crippen LogP contribution in [-0.2, 0) is 11.2 Å². The first-order chi connectivity index (χ1) is 7.84. The summed E-state index contributed by atoms with van der Waals surface area (Å²) < 4.78 is 0. The molecule has 1 aliphatic rings. The van der Waals surface area contributed by atoms with Crippen molar-refractivity contribution in [2.45, 2.75) is 19.3 Å². The van der Waals surface area contributed by atoms with Gasteiger partial charge in [-0.2, -0.15) is 0 Å². The fourth-order valence-electron chi connectivity index (χ4n) is 2.01. The van der Waals surface area contributed by atoms with Gasteiger partial charge in [0.2, 0.25) is 5.91 Å². The number of carbonyl (C=O) groups excluding carboxylic acids is 1. The van der Waals surface area contributed by atoms with Crippen molar-refractivity contribution in [3.63, 3.8) is 0 Å². The molecule has 1 aromatic rings. The maximum absolute atomic E-state index is 11.5. The van der Waals surface area contributed by atoms with Crippen LogP contribution in [-0.4, -0.2) is 30.5 Å². The van der Waals surface area contributed by atoms with Crippen molar-refractivity contribution in [1.82, 2.24) is 15.6 Å².